The van der Waals surface area contributed by atoms with E-state index in [1.165, 1.54) is 0 Å². The van der Waals surface area contributed by atoms with Crippen molar-refractivity contribution in [3.05, 3.63) is 11.7 Å². The first-order valence-electron chi connectivity index (χ1n) is 6.39. The van der Waals surface area contributed by atoms with Gasteiger partial charge in [0.15, 0.2) is 5.82 Å². The summed E-state index contributed by atoms with van der Waals surface area (Å²) in [5, 5.41) is 7.03. The van der Waals surface area contributed by atoms with Gasteiger partial charge >= 0.3 is 0 Å². The van der Waals surface area contributed by atoms with Crippen molar-refractivity contribution in [3.8, 4) is 0 Å². The summed E-state index contributed by atoms with van der Waals surface area (Å²) in [6.45, 7) is 3.74. The van der Waals surface area contributed by atoms with Crippen LogP contribution in [0, 0.1) is 5.92 Å². The monoisotopic (exact) mass is 239 g/mol. The molecule has 0 saturated heterocycles. The fourth-order valence-electron chi connectivity index (χ4n) is 2.17. The number of rotatable bonds is 7. The summed E-state index contributed by atoms with van der Waals surface area (Å²) in [6.07, 6.45) is 4.43. The van der Waals surface area contributed by atoms with Gasteiger partial charge < -0.3 is 14.6 Å². The summed E-state index contributed by atoms with van der Waals surface area (Å²) in [5.41, 5.74) is 0. The second-order valence-electron chi connectivity index (χ2n) is 4.58. The summed E-state index contributed by atoms with van der Waals surface area (Å²) in [5.74, 6) is 2.23. The minimum atomic E-state index is 0.455. The van der Waals surface area contributed by atoms with Gasteiger partial charge in [-0.3, -0.25) is 0 Å². The maximum absolute atomic E-state index is 5.53. The Balaban J connectivity index is 1.71. The molecule has 1 aliphatic rings. The lowest BCUT2D eigenvalue weighted by atomic mass is 9.80. The van der Waals surface area contributed by atoms with E-state index in [-0.39, 0.29) is 0 Å². The lowest BCUT2D eigenvalue weighted by Crippen LogP contribution is -2.32. The second kappa shape index (κ2) is 6.12. The molecule has 1 saturated carbocycles. The Hall–Kier alpha value is -0.940. The van der Waals surface area contributed by atoms with E-state index in [0.717, 1.165) is 50.6 Å². The molecule has 2 rings (SSSR count). The van der Waals surface area contributed by atoms with Crippen LogP contribution in [0.2, 0.25) is 0 Å². The average molecular weight is 239 g/mol. The van der Waals surface area contributed by atoms with Crippen LogP contribution in [0.1, 0.15) is 31.5 Å². The molecule has 5 heteroatoms. The molecule has 0 radical (unpaired) electrons. The third-order valence-electron chi connectivity index (χ3n) is 3.17. The quantitative estimate of drug-likeness (QED) is 0.774. The molecule has 0 unspecified atom stereocenters. The molecule has 1 aromatic rings. The first kappa shape index (κ1) is 12.5. The normalized spacial score (nSPS) is 23.6. The van der Waals surface area contributed by atoms with Gasteiger partial charge in [0.05, 0.1) is 6.10 Å². The Labute approximate surface area is 102 Å². The zero-order valence-corrected chi connectivity index (χ0v) is 10.6. The molecule has 0 atom stereocenters. The number of aromatic nitrogens is 2. The Morgan fingerprint density at radius 1 is 1.47 bits per heavy atom. The molecule has 1 heterocycles. The minimum absolute atomic E-state index is 0.455. The number of hydrogen-bond acceptors (Lipinski definition) is 5. The first-order valence-corrected chi connectivity index (χ1v) is 6.39. The van der Waals surface area contributed by atoms with Crippen LogP contribution in [0.5, 0.6) is 0 Å². The minimum Gasteiger partial charge on any atom is -0.378 e. The SMILES string of the molecule is CCOC1CC(Cc2nc(CCNC)no2)C1. The fourth-order valence-corrected chi connectivity index (χ4v) is 2.17. The van der Waals surface area contributed by atoms with E-state index in [4.69, 9.17) is 9.26 Å². The van der Waals surface area contributed by atoms with Crippen LogP contribution in [0.3, 0.4) is 0 Å². The summed E-state index contributed by atoms with van der Waals surface area (Å²) in [4.78, 5) is 4.38. The Bertz CT molecular complexity index is 334. The zero-order valence-electron chi connectivity index (χ0n) is 10.6. The molecule has 0 bridgehead atoms. The summed E-state index contributed by atoms with van der Waals surface area (Å²) in [7, 11) is 1.92. The van der Waals surface area contributed by atoms with Crippen molar-refractivity contribution in [2.75, 3.05) is 20.2 Å². The van der Waals surface area contributed by atoms with Gasteiger partial charge in [-0.15, -0.1) is 0 Å². The summed E-state index contributed by atoms with van der Waals surface area (Å²) in [6, 6.07) is 0. The van der Waals surface area contributed by atoms with Crippen LogP contribution in [0.4, 0.5) is 0 Å². The van der Waals surface area contributed by atoms with E-state index in [9.17, 15) is 0 Å². The van der Waals surface area contributed by atoms with E-state index < -0.39 is 0 Å². The molecule has 1 aliphatic carbocycles. The highest BCUT2D eigenvalue weighted by molar-refractivity contribution is 4.92. The highest BCUT2D eigenvalue weighted by Gasteiger charge is 2.30. The molecule has 17 heavy (non-hydrogen) atoms. The molecule has 0 aliphatic heterocycles. The lowest BCUT2D eigenvalue weighted by molar-refractivity contribution is -0.0258. The van der Waals surface area contributed by atoms with E-state index in [1.807, 2.05) is 14.0 Å². The maximum atomic E-state index is 5.53. The smallest absolute Gasteiger partial charge is 0.226 e. The van der Waals surface area contributed by atoms with Gasteiger partial charge in [0.25, 0.3) is 0 Å². The molecule has 0 amide bonds. The van der Waals surface area contributed by atoms with Crippen LogP contribution in [0.25, 0.3) is 0 Å². The Kier molecular flexibility index (Phi) is 4.50. The predicted octanol–water partition coefficient (Wildman–Crippen LogP) is 1.19. The summed E-state index contributed by atoms with van der Waals surface area (Å²) >= 11 is 0. The molecular weight excluding hydrogens is 218 g/mol. The van der Waals surface area contributed by atoms with Crippen LogP contribution < -0.4 is 5.32 Å². The number of nitrogens with one attached hydrogen (secondary N) is 1. The van der Waals surface area contributed by atoms with Crippen LogP contribution in [0.15, 0.2) is 4.52 Å². The van der Waals surface area contributed by atoms with E-state index in [2.05, 4.69) is 15.5 Å². The van der Waals surface area contributed by atoms with Crippen molar-refractivity contribution in [1.29, 1.82) is 0 Å². The Morgan fingerprint density at radius 3 is 3.00 bits per heavy atom. The molecular formula is C12H21N3O2. The molecule has 96 valence electrons. The zero-order chi connectivity index (χ0) is 12.1. The molecule has 0 aromatic carbocycles. The Morgan fingerprint density at radius 2 is 2.29 bits per heavy atom. The predicted molar refractivity (Wildman–Crippen MR) is 63.8 cm³/mol. The highest BCUT2D eigenvalue weighted by Crippen LogP contribution is 2.32. The number of ether oxygens (including phenoxy) is 1. The molecule has 5 nitrogen and oxygen atoms in total. The van der Waals surface area contributed by atoms with Crippen molar-refractivity contribution in [2.24, 2.45) is 5.92 Å². The van der Waals surface area contributed by atoms with Crippen molar-refractivity contribution < 1.29 is 9.26 Å². The van der Waals surface area contributed by atoms with Gasteiger partial charge in [-0.05, 0) is 32.7 Å². The maximum Gasteiger partial charge on any atom is 0.226 e. The van der Waals surface area contributed by atoms with Gasteiger partial charge in [0.2, 0.25) is 5.89 Å². The lowest BCUT2D eigenvalue weighted by Gasteiger charge is -2.33. The molecule has 1 N–H and O–H groups in total. The van der Waals surface area contributed by atoms with Crippen molar-refractivity contribution in [1.82, 2.24) is 15.5 Å². The number of hydrogen-bond donors (Lipinski definition) is 1. The van der Waals surface area contributed by atoms with Gasteiger partial charge in [0, 0.05) is 26.0 Å². The van der Waals surface area contributed by atoms with Crippen LogP contribution in [-0.4, -0.2) is 36.4 Å². The van der Waals surface area contributed by atoms with E-state index in [0.29, 0.717) is 12.0 Å². The molecule has 1 aromatic heterocycles. The van der Waals surface area contributed by atoms with Gasteiger partial charge in [-0.25, -0.2) is 0 Å². The van der Waals surface area contributed by atoms with Crippen molar-refractivity contribution in [2.45, 2.75) is 38.7 Å². The third kappa shape index (κ3) is 3.51. The standard InChI is InChI=1S/C12H21N3O2/c1-3-16-10-6-9(7-10)8-12-14-11(15-17-12)4-5-13-2/h9-10,13H,3-8H2,1-2H3. The van der Waals surface area contributed by atoms with Crippen molar-refractivity contribution in [3.63, 3.8) is 0 Å². The van der Waals surface area contributed by atoms with Gasteiger partial charge in [-0.2, -0.15) is 4.98 Å². The summed E-state index contributed by atoms with van der Waals surface area (Å²) < 4.78 is 10.8. The number of likely N-dealkylation sites (N-methyl/N-ethyl adjacent to an activating group) is 1. The third-order valence-corrected chi connectivity index (χ3v) is 3.17. The number of nitrogens with zero attached hydrogens (tertiary/aromatic N) is 2. The van der Waals surface area contributed by atoms with Gasteiger partial charge in [0.1, 0.15) is 0 Å². The van der Waals surface area contributed by atoms with E-state index in [1.54, 1.807) is 0 Å². The second-order valence-corrected chi connectivity index (χ2v) is 4.58. The largest absolute Gasteiger partial charge is 0.378 e. The fraction of sp³-hybridized carbons (Fsp3) is 0.833. The molecule has 0 spiro atoms. The van der Waals surface area contributed by atoms with Gasteiger partial charge in [-0.1, -0.05) is 5.16 Å². The van der Waals surface area contributed by atoms with Crippen molar-refractivity contribution >= 4 is 0 Å². The average Bonchev–Trinajstić information content (AvgIpc) is 2.71. The highest BCUT2D eigenvalue weighted by atomic mass is 16.5. The first-order chi connectivity index (χ1) is 8.31. The van der Waals surface area contributed by atoms with Crippen LogP contribution in [-0.2, 0) is 17.6 Å². The molecule has 1 fully saturated rings. The van der Waals surface area contributed by atoms with Crippen LogP contribution >= 0.6 is 0 Å². The van der Waals surface area contributed by atoms with E-state index >= 15 is 0 Å². The topological polar surface area (TPSA) is 60.2 Å².